The molecule has 0 saturated carbocycles. The largest absolute Gasteiger partial charge is 0.436 e. The number of nitrogens with zero attached hydrogens (tertiary/aromatic N) is 1. The van der Waals surface area contributed by atoms with Crippen molar-refractivity contribution in [2.75, 3.05) is 0 Å². The quantitative estimate of drug-likeness (QED) is 0.754. The van der Waals surface area contributed by atoms with E-state index < -0.39 is 0 Å². The van der Waals surface area contributed by atoms with E-state index in [2.05, 4.69) is 4.98 Å². The van der Waals surface area contributed by atoms with Gasteiger partial charge in [-0.25, -0.2) is 4.98 Å². The van der Waals surface area contributed by atoms with Crippen LogP contribution >= 0.6 is 0 Å². The van der Waals surface area contributed by atoms with Crippen LogP contribution in [0.1, 0.15) is 25.0 Å². The molecule has 0 saturated heterocycles. The van der Waals surface area contributed by atoms with Crippen LogP contribution in [-0.2, 0) is 6.54 Å². The summed E-state index contributed by atoms with van der Waals surface area (Å²) in [6.07, 6.45) is 0. The van der Waals surface area contributed by atoms with Crippen molar-refractivity contribution < 1.29 is 4.42 Å². The van der Waals surface area contributed by atoms with E-state index in [1.807, 2.05) is 63.2 Å². The number of aromatic nitrogens is 1. The van der Waals surface area contributed by atoms with Crippen molar-refractivity contribution in [2.45, 2.75) is 27.3 Å². The Bertz CT molecular complexity index is 684. The van der Waals surface area contributed by atoms with Crippen LogP contribution < -0.4 is 5.73 Å². The molecule has 0 unspecified atom stereocenters. The van der Waals surface area contributed by atoms with Gasteiger partial charge in [0.25, 0.3) is 0 Å². The monoisotopic (exact) mass is 268 g/mol. The molecule has 0 radical (unpaired) electrons. The van der Waals surface area contributed by atoms with Crippen LogP contribution in [0.25, 0.3) is 22.6 Å². The van der Waals surface area contributed by atoms with Crippen molar-refractivity contribution in [3.63, 3.8) is 0 Å². The van der Waals surface area contributed by atoms with Crippen molar-refractivity contribution in [1.82, 2.24) is 4.98 Å². The SMILES string of the molecule is CC.Cc1ccc2oc(-c3ccc(CN)cc3)nc2c1. The van der Waals surface area contributed by atoms with Crippen molar-refractivity contribution in [3.05, 3.63) is 53.6 Å². The molecule has 2 aromatic carbocycles. The third-order valence-corrected chi connectivity index (χ3v) is 2.98. The summed E-state index contributed by atoms with van der Waals surface area (Å²) in [5.74, 6) is 0.652. The van der Waals surface area contributed by atoms with Gasteiger partial charge in [0.1, 0.15) is 5.52 Å². The van der Waals surface area contributed by atoms with Gasteiger partial charge in [0, 0.05) is 12.1 Å². The van der Waals surface area contributed by atoms with Gasteiger partial charge in [0.15, 0.2) is 5.58 Å². The lowest BCUT2D eigenvalue weighted by Gasteiger charge is -1.97. The Kier molecular flexibility index (Phi) is 4.53. The maximum atomic E-state index is 5.74. The number of fused-ring (bicyclic) bond motifs is 1. The molecule has 3 aromatic rings. The van der Waals surface area contributed by atoms with Gasteiger partial charge in [0.2, 0.25) is 5.89 Å². The van der Waals surface area contributed by atoms with E-state index in [4.69, 9.17) is 10.2 Å². The lowest BCUT2D eigenvalue weighted by molar-refractivity contribution is 0.620. The fourth-order valence-electron chi connectivity index (χ4n) is 1.94. The highest BCUT2D eigenvalue weighted by molar-refractivity contribution is 5.76. The van der Waals surface area contributed by atoms with Gasteiger partial charge in [-0.15, -0.1) is 0 Å². The van der Waals surface area contributed by atoms with Gasteiger partial charge < -0.3 is 10.2 Å². The molecular weight excluding hydrogens is 248 g/mol. The van der Waals surface area contributed by atoms with E-state index >= 15 is 0 Å². The highest BCUT2D eigenvalue weighted by atomic mass is 16.3. The number of benzene rings is 2. The maximum Gasteiger partial charge on any atom is 0.227 e. The molecule has 0 amide bonds. The fourth-order valence-corrected chi connectivity index (χ4v) is 1.94. The predicted octanol–water partition coefficient (Wildman–Crippen LogP) is 4.29. The zero-order valence-corrected chi connectivity index (χ0v) is 12.2. The standard InChI is InChI=1S/C15H14N2O.C2H6/c1-10-2-7-14-13(8-10)17-15(18-14)12-5-3-11(9-16)4-6-12;1-2/h2-8H,9,16H2,1H3;1-2H3. The Morgan fingerprint density at radius 1 is 1.05 bits per heavy atom. The van der Waals surface area contributed by atoms with Gasteiger partial charge in [-0.1, -0.05) is 32.0 Å². The van der Waals surface area contributed by atoms with Crippen LogP contribution in [0, 0.1) is 6.92 Å². The van der Waals surface area contributed by atoms with Crippen LogP contribution in [0.2, 0.25) is 0 Å². The summed E-state index contributed by atoms with van der Waals surface area (Å²) >= 11 is 0. The highest BCUT2D eigenvalue weighted by Gasteiger charge is 2.07. The molecule has 1 aromatic heterocycles. The van der Waals surface area contributed by atoms with Crippen molar-refractivity contribution >= 4 is 11.1 Å². The summed E-state index contributed by atoms with van der Waals surface area (Å²) in [6.45, 7) is 6.59. The second kappa shape index (κ2) is 6.35. The van der Waals surface area contributed by atoms with Crippen molar-refractivity contribution in [1.29, 1.82) is 0 Å². The molecule has 2 N–H and O–H groups in total. The molecule has 0 aliphatic rings. The number of oxazole rings is 1. The van der Waals surface area contributed by atoms with Gasteiger partial charge in [-0.3, -0.25) is 0 Å². The Morgan fingerprint density at radius 2 is 1.75 bits per heavy atom. The average molecular weight is 268 g/mol. The first kappa shape index (κ1) is 14.3. The Morgan fingerprint density at radius 3 is 2.40 bits per heavy atom. The Balaban J connectivity index is 0.000000704. The van der Waals surface area contributed by atoms with Crippen molar-refractivity contribution in [3.8, 4) is 11.5 Å². The molecule has 3 heteroatoms. The third kappa shape index (κ3) is 2.89. The van der Waals surface area contributed by atoms with E-state index in [-0.39, 0.29) is 0 Å². The average Bonchev–Trinajstić information content (AvgIpc) is 2.92. The van der Waals surface area contributed by atoms with Crippen molar-refractivity contribution in [2.24, 2.45) is 5.73 Å². The minimum Gasteiger partial charge on any atom is -0.436 e. The van der Waals surface area contributed by atoms with Crippen LogP contribution in [0.4, 0.5) is 0 Å². The van der Waals surface area contributed by atoms with E-state index in [0.29, 0.717) is 12.4 Å². The van der Waals surface area contributed by atoms with Gasteiger partial charge in [0.05, 0.1) is 0 Å². The molecule has 0 spiro atoms. The van der Waals surface area contributed by atoms with Gasteiger partial charge in [-0.05, 0) is 42.3 Å². The lowest BCUT2D eigenvalue weighted by Crippen LogP contribution is -1.95. The molecular formula is C17H20N2O. The Labute approximate surface area is 119 Å². The van der Waals surface area contributed by atoms with Gasteiger partial charge >= 0.3 is 0 Å². The van der Waals surface area contributed by atoms with Crippen LogP contribution in [0.5, 0.6) is 0 Å². The molecule has 0 bridgehead atoms. The number of hydrogen-bond donors (Lipinski definition) is 1. The fraction of sp³-hybridized carbons (Fsp3) is 0.235. The predicted molar refractivity (Wildman–Crippen MR) is 83.4 cm³/mol. The molecule has 0 atom stereocenters. The van der Waals surface area contributed by atoms with E-state index in [9.17, 15) is 0 Å². The molecule has 0 fully saturated rings. The summed E-state index contributed by atoms with van der Waals surface area (Å²) in [5.41, 5.74) is 10.5. The molecule has 1 heterocycles. The first-order valence-corrected chi connectivity index (χ1v) is 6.93. The number of nitrogens with two attached hydrogens (primary N) is 1. The Hall–Kier alpha value is -2.13. The third-order valence-electron chi connectivity index (χ3n) is 2.98. The second-order valence-corrected chi connectivity index (χ2v) is 4.39. The maximum absolute atomic E-state index is 5.74. The summed E-state index contributed by atoms with van der Waals surface area (Å²) in [5, 5.41) is 0. The van der Waals surface area contributed by atoms with E-state index in [1.165, 1.54) is 5.56 Å². The minimum absolute atomic E-state index is 0.549. The number of aryl methyl sites for hydroxylation is 1. The van der Waals surface area contributed by atoms with Gasteiger partial charge in [-0.2, -0.15) is 0 Å². The summed E-state index contributed by atoms with van der Waals surface area (Å²) in [4.78, 5) is 4.50. The number of hydrogen-bond acceptors (Lipinski definition) is 3. The zero-order valence-electron chi connectivity index (χ0n) is 12.2. The second-order valence-electron chi connectivity index (χ2n) is 4.39. The first-order chi connectivity index (χ1) is 9.76. The van der Waals surface area contributed by atoms with Crippen LogP contribution in [0.15, 0.2) is 46.9 Å². The minimum atomic E-state index is 0.549. The molecule has 3 rings (SSSR count). The molecule has 0 aliphatic heterocycles. The molecule has 0 aliphatic carbocycles. The van der Waals surface area contributed by atoms with Crippen LogP contribution in [-0.4, -0.2) is 4.98 Å². The zero-order chi connectivity index (χ0) is 14.5. The van der Waals surface area contributed by atoms with Crippen LogP contribution in [0.3, 0.4) is 0 Å². The smallest absolute Gasteiger partial charge is 0.227 e. The topological polar surface area (TPSA) is 52.0 Å². The molecule has 20 heavy (non-hydrogen) atoms. The number of rotatable bonds is 2. The van der Waals surface area contributed by atoms with E-state index in [0.717, 1.165) is 22.2 Å². The first-order valence-electron chi connectivity index (χ1n) is 6.93. The summed E-state index contributed by atoms with van der Waals surface area (Å²) in [6, 6.07) is 14.0. The highest BCUT2D eigenvalue weighted by Crippen LogP contribution is 2.24. The molecule has 3 nitrogen and oxygen atoms in total. The lowest BCUT2D eigenvalue weighted by atomic mass is 10.1. The molecule has 104 valence electrons. The normalized spacial score (nSPS) is 10.2. The summed E-state index contributed by atoms with van der Waals surface area (Å²) < 4.78 is 5.74. The summed E-state index contributed by atoms with van der Waals surface area (Å²) in [7, 11) is 0. The van der Waals surface area contributed by atoms with E-state index in [1.54, 1.807) is 0 Å².